The van der Waals surface area contributed by atoms with Crippen LogP contribution in [0.4, 0.5) is 0 Å². The van der Waals surface area contributed by atoms with E-state index in [-0.39, 0.29) is 0 Å². The minimum absolute atomic E-state index is 0.441. The summed E-state index contributed by atoms with van der Waals surface area (Å²) in [7, 11) is 1.62. The van der Waals surface area contributed by atoms with Crippen LogP contribution in [-0.4, -0.2) is 17.8 Å². The predicted molar refractivity (Wildman–Crippen MR) is 69.4 cm³/mol. The van der Waals surface area contributed by atoms with Gasteiger partial charge < -0.3 is 9.84 Å². The molecule has 0 aromatic heterocycles. The normalized spacial score (nSPS) is 19.8. The molecule has 3 nitrogen and oxygen atoms in total. The summed E-state index contributed by atoms with van der Waals surface area (Å²) in [6.07, 6.45) is 4.60. The Hall–Kier alpha value is -1.53. The molecule has 1 aliphatic rings. The van der Waals surface area contributed by atoms with Crippen LogP contribution in [0.3, 0.4) is 0 Å². The van der Waals surface area contributed by atoms with Crippen molar-refractivity contribution >= 4 is 0 Å². The standard InChI is InChI=1S/C15H19NO2/c1-18-13-7-5-12(6-8-13)14(11-16)15(17)9-3-2-4-10-15/h5-8,14,17H,2-4,9-10H2,1H3/t14-/m1/s1. The van der Waals surface area contributed by atoms with Crippen molar-refractivity contribution in [3.63, 3.8) is 0 Å². The Bertz CT molecular complexity index is 427. The van der Waals surface area contributed by atoms with E-state index in [2.05, 4.69) is 6.07 Å². The first-order chi connectivity index (χ1) is 8.69. The number of aliphatic hydroxyl groups is 1. The van der Waals surface area contributed by atoms with Gasteiger partial charge in [-0.25, -0.2) is 0 Å². The van der Waals surface area contributed by atoms with E-state index in [1.807, 2.05) is 24.3 Å². The smallest absolute Gasteiger partial charge is 0.118 e. The maximum absolute atomic E-state index is 10.7. The molecular formula is C15H19NO2. The highest BCUT2D eigenvalue weighted by atomic mass is 16.5. The molecule has 1 atom stereocenters. The Morgan fingerprint density at radius 3 is 2.33 bits per heavy atom. The van der Waals surface area contributed by atoms with Crippen molar-refractivity contribution in [1.29, 1.82) is 5.26 Å². The van der Waals surface area contributed by atoms with E-state index in [0.29, 0.717) is 0 Å². The fourth-order valence-electron chi connectivity index (χ4n) is 2.75. The van der Waals surface area contributed by atoms with E-state index >= 15 is 0 Å². The molecular weight excluding hydrogens is 226 g/mol. The number of nitrogens with zero attached hydrogens (tertiary/aromatic N) is 1. The molecule has 1 fully saturated rings. The lowest BCUT2D eigenvalue weighted by atomic mass is 9.73. The topological polar surface area (TPSA) is 53.2 Å². The highest BCUT2D eigenvalue weighted by Gasteiger charge is 2.38. The number of benzene rings is 1. The zero-order chi connectivity index (χ0) is 13.0. The van der Waals surface area contributed by atoms with Crippen molar-refractivity contribution in [2.45, 2.75) is 43.6 Å². The van der Waals surface area contributed by atoms with E-state index in [0.717, 1.165) is 43.4 Å². The molecule has 0 aliphatic heterocycles. The quantitative estimate of drug-likeness (QED) is 0.890. The molecule has 0 heterocycles. The van der Waals surface area contributed by atoms with Gasteiger partial charge >= 0.3 is 0 Å². The van der Waals surface area contributed by atoms with E-state index in [4.69, 9.17) is 4.74 Å². The van der Waals surface area contributed by atoms with Gasteiger partial charge in [0.25, 0.3) is 0 Å². The van der Waals surface area contributed by atoms with Gasteiger partial charge in [-0.3, -0.25) is 0 Å². The lowest BCUT2D eigenvalue weighted by Gasteiger charge is -2.36. The van der Waals surface area contributed by atoms with E-state index < -0.39 is 11.5 Å². The molecule has 0 amide bonds. The van der Waals surface area contributed by atoms with Gasteiger partial charge in [-0.15, -0.1) is 0 Å². The Balaban J connectivity index is 2.24. The van der Waals surface area contributed by atoms with Crippen molar-refractivity contribution in [3.05, 3.63) is 29.8 Å². The van der Waals surface area contributed by atoms with Gasteiger partial charge in [0.15, 0.2) is 0 Å². The summed E-state index contributed by atoms with van der Waals surface area (Å²) in [5, 5.41) is 20.0. The molecule has 0 radical (unpaired) electrons. The number of rotatable bonds is 3. The summed E-state index contributed by atoms with van der Waals surface area (Å²) >= 11 is 0. The van der Waals surface area contributed by atoms with Crippen LogP contribution in [-0.2, 0) is 0 Å². The van der Waals surface area contributed by atoms with Crippen LogP contribution in [0.2, 0.25) is 0 Å². The number of ether oxygens (including phenoxy) is 1. The maximum Gasteiger partial charge on any atom is 0.118 e. The lowest BCUT2D eigenvalue weighted by Crippen LogP contribution is -2.37. The third-order valence-corrected chi connectivity index (χ3v) is 3.83. The Kier molecular flexibility index (Phi) is 3.88. The van der Waals surface area contributed by atoms with Crippen molar-refractivity contribution in [3.8, 4) is 11.8 Å². The number of hydrogen-bond acceptors (Lipinski definition) is 3. The predicted octanol–water partition coefficient (Wildman–Crippen LogP) is 3.00. The van der Waals surface area contributed by atoms with Gasteiger partial charge in [0.1, 0.15) is 5.75 Å². The van der Waals surface area contributed by atoms with Crippen LogP contribution in [0, 0.1) is 11.3 Å². The zero-order valence-corrected chi connectivity index (χ0v) is 10.7. The maximum atomic E-state index is 10.7. The first-order valence-electron chi connectivity index (χ1n) is 6.45. The van der Waals surface area contributed by atoms with Crippen molar-refractivity contribution in [2.24, 2.45) is 0 Å². The molecule has 1 aliphatic carbocycles. The van der Waals surface area contributed by atoms with E-state index in [9.17, 15) is 10.4 Å². The lowest BCUT2D eigenvalue weighted by molar-refractivity contribution is -0.00714. The largest absolute Gasteiger partial charge is 0.497 e. The monoisotopic (exact) mass is 245 g/mol. The summed E-state index contributed by atoms with van der Waals surface area (Å²) in [6, 6.07) is 9.70. The first kappa shape index (κ1) is 12.9. The molecule has 0 spiro atoms. The van der Waals surface area contributed by atoms with Gasteiger partial charge in [-0.05, 0) is 30.5 Å². The summed E-state index contributed by atoms with van der Waals surface area (Å²) in [5.41, 5.74) is 0.0180. The second-order valence-electron chi connectivity index (χ2n) is 5.00. The average Bonchev–Trinajstić information content (AvgIpc) is 2.41. The molecule has 96 valence electrons. The molecule has 2 rings (SSSR count). The van der Waals surface area contributed by atoms with Crippen LogP contribution in [0.5, 0.6) is 5.75 Å². The van der Waals surface area contributed by atoms with Crippen LogP contribution >= 0.6 is 0 Å². The fourth-order valence-corrected chi connectivity index (χ4v) is 2.75. The van der Waals surface area contributed by atoms with Gasteiger partial charge in [-0.1, -0.05) is 31.4 Å². The molecule has 1 saturated carbocycles. The zero-order valence-electron chi connectivity index (χ0n) is 10.7. The van der Waals surface area contributed by atoms with Crippen molar-refractivity contribution in [2.75, 3.05) is 7.11 Å². The second kappa shape index (κ2) is 5.41. The SMILES string of the molecule is COc1ccc([C@@H](C#N)C2(O)CCCCC2)cc1. The number of methoxy groups -OCH3 is 1. The Morgan fingerprint density at radius 1 is 1.22 bits per heavy atom. The fraction of sp³-hybridized carbons (Fsp3) is 0.533. The van der Waals surface area contributed by atoms with Crippen LogP contribution in [0.1, 0.15) is 43.6 Å². The van der Waals surface area contributed by atoms with Crippen LogP contribution in [0.25, 0.3) is 0 Å². The Labute approximate surface area is 108 Å². The summed E-state index contributed by atoms with van der Waals surface area (Å²) in [4.78, 5) is 0. The van der Waals surface area contributed by atoms with Gasteiger partial charge in [0.05, 0.1) is 24.7 Å². The molecule has 18 heavy (non-hydrogen) atoms. The first-order valence-corrected chi connectivity index (χ1v) is 6.45. The number of nitriles is 1. The summed E-state index contributed by atoms with van der Waals surface area (Å²) < 4.78 is 5.11. The molecule has 1 N–H and O–H groups in total. The minimum atomic E-state index is -0.860. The molecule has 3 heteroatoms. The van der Waals surface area contributed by atoms with Crippen molar-refractivity contribution in [1.82, 2.24) is 0 Å². The van der Waals surface area contributed by atoms with Crippen molar-refractivity contribution < 1.29 is 9.84 Å². The van der Waals surface area contributed by atoms with Crippen LogP contribution < -0.4 is 4.74 Å². The average molecular weight is 245 g/mol. The third kappa shape index (κ3) is 2.49. The molecule has 1 aromatic carbocycles. The molecule has 0 saturated heterocycles. The highest BCUT2D eigenvalue weighted by molar-refractivity contribution is 5.34. The van der Waals surface area contributed by atoms with E-state index in [1.54, 1.807) is 7.11 Å². The summed E-state index contributed by atoms with van der Waals surface area (Å²) in [6.45, 7) is 0. The van der Waals surface area contributed by atoms with Crippen LogP contribution in [0.15, 0.2) is 24.3 Å². The third-order valence-electron chi connectivity index (χ3n) is 3.83. The van der Waals surface area contributed by atoms with Gasteiger partial charge in [-0.2, -0.15) is 5.26 Å². The molecule has 0 unspecified atom stereocenters. The minimum Gasteiger partial charge on any atom is -0.497 e. The second-order valence-corrected chi connectivity index (χ2v) is 5.00. The molecule has 0 bridgehead atoms. The Morgan fingerprint density at radius 2 is 1.83 bits per heavy atom. The van der Waals surface area contributed by atoms with E-state index in [1.165, 1.54) is 0 Å². The van der Waals surface area contributed by atoms with Gasteiger partial charge in [0.2, 0.25) is 0 Å². The van der Waals surface area contributed by atoms with Gasteiger partial charge in [0, 0.05) is 0 Å². The number of hydrogen-bond donors (Lipinski definition) is 1. The molecule has 1 aromatic rings. The highest BCUT2D eigenvalue weighted by Crippen LogP contribution is 2.39. The summed E-state index contributed by atoms with van der Waals surface area (Å²) in [5.74, 6) is 0.328.